The maximum atomic E-state index is 11.0. The minimum absolute atomic E-state index is 0. The molecule has 1 aromatic heterocycles. The fourth-order valence-corrected chi connectivity index (χ4v) is 5.08. The summed E-state index contributed by atoms with van der Waals surface area (Å²) in [6, 6.07) is 18.4. The van der Waals surface area contributed by atoms with Gasteiger partial charge in [-0.05, 0) is 73.2 Å². The number of carbonyl (C=O) groups excluding carboxylic acids is 1. The molecule has 0 aliphatic carbocycles. The monoisotopic (exact) mass is 496 g/mol. The molecule has 35 heavy (non-hydrogen) atoms. The first-order chi connectivity index (χ1) is 16.4. The third-order valence-electron chi connectivity index (χ3n) is 6.71. The molecule has 0 spiro atoms. The van der Waals surface area contributed by atoms with Gasteiger partial charge >= 0.3 is 29.6 Å². The number of hydrogen-bond donors (Lipinski definition) is 0. The Bertz CT molecular complexity index is 1400. The number of benzene rings is 3. The van der Waals surface area contributed by atoms with E-state index >= 15 is 0 Å². The normalized spacial score (nSPS) is 14.4. The molecule has 0 saturated heterocycles. The zero-order chi connectivity index (χ0) is 23.8. The van der Waals surface area contributed by atoms with Crippen LogP contribution in [0.2, 0.25) is 5.02 Å². The molecule has 0 radical (unpaired) electrons. The molecule has 5 nitrogen and oxygen atoms in total. The number of nitrogens with zero attached hydrogens (tertiary/aromatic N) is 2. The largest absolute Gasteiger partial charge is 1.00 e. The quantitative estimate of drug-likeness (QED) is 0.367. The Morgan fingerprint density at radius 3 is 2.77 bits per heavy atom. The molecule has 1 aliphatic heterocycles. The minimum atomic E-state index is -1.04. The van der Waals surface area contributed by atoms with Crippen LogP contribution in [0.3, 0.4) is 0 Å². The van der Waals surface area contributed by atoms with Crippen molar-refractivity contribution >= 4 is 28.6 Å². The van der Waals surface area contributed by atoms with Crippen LogP contribution in [-0.2, 0) is 24.1 Å². The molecular weight excluding hydrogens is 471 g/mol. The zero-order valence-electron chi connectivity index (χ0n) is 20.3. The third kappa shape index (κ3) is 5.14. The Kier molecular flexibility index (Phi) is 7.92. The van der Waals surface area contributed by atoms with Gasteiger partial charge in [0.25, 0.3) is 0 Å². The van der Waals surface area contributed by atoms with Crippen molar-refractivity contribution in [3.63, 3.8) is 0 Å². The summed E-state index contributed by atoms with van der Waals surface area (Å²) in [7, 11) is 0. The number of aryl methyl sites for hydroxylation is 3. The fraction of sp³-hybridized carbons (Fsp3) is 0.286. The summed E-state index contributed by atoms with van der Waals surface area (Å²) in [4.78, 5) is 15.8. The van der Waals surface area contributed by atoms with Gasteiger partial charge in [0.05, 0.1) is 23.3 Å². The molecule has 2 heterocycles. The van der Waals surface area contributed by atoms with Crippen molar-refractivity contribution in [3.05, 3.63) is 87.7 Å². The topological polar surface area (TPSA) is 67.2 Å². The van der Waals surface area contributed by atoms with E-state index in [9.17, 15) is 9.90 Å². The van der Waals surface area contributed by atoms with Crippen LogP contribution in [0.1, 0.15) is 47.3 Å². The standard InChI is InChI=1S/C28H27ClN2O3.Na/c1-3-27-30-23-12-10-21(29)15-25(23)31(27)24-6-4-5-19(17(24)2)9-7-18-8-11-22-20(14-28(32)33)16-34-26(22)13-18;/h4-6,8,10-13,15,20H,3,7,9,14,16H2,1-2H3,(H,32,33);/q;+1/p-1/t20-;/m1./s1. The van der Waals surface area contributed by atoms with Gasteiger partial charge in [0.2, 0.25) is 0 Å². The van der Waals surface area contributed by atoms with Crippen LogP contribution in [0.25, 0.3) is 16.7 Å². The maximum absolute atomic E-state index is 11.0. The second kappa shape index (κ2) is 10.8. The van der Waals surface area contributed by atoms with Crippen molar-refractivity contribution in [2.75, 3.05) is 6.61 Å². The van der Waals surface area contributed by atoms with E-state index in [1.54, 1.807) is 0 Å². The number of carbonyl (C=O) groups is 1. The van der Waals surface area contributed by atoms with E-state index in [4.69, 9.17) is 21.3 Å². The van der Waals surface area contributed by atoms with Crippen molar-refractivity contribution in [2.45, 2.75) is 45.4 Å². The second-order valence-corrected chi connectivity index (χ2v) is 9.30. The van der Waals surface area contributed by atoms with Gasteiger partial charge in [0, 0.05) is 28.9 Å². The average molecular weight is 497 g/mol. The predicted octanol–water partition coefficient (Wildman–Crippen LogP) is 1.95. The van der Waals surface area contributed by atoms with Crippen LogP contribution in [0, 0.1) is 6.92 Å². The number of aliphatic carboxylic acids is 1. The molecule has 3 aromatic carbocycles. The Morgan fingerprint density at radius 2 is 2.00 bits per heavy atom. The van der Waals surface area contributed by atoms with Crippen LogP contribution >= 0.6 is 11.6 Å². The Balaban J connectivity index is 0.00000289. The smallest absolute Gasteiger partial charge is 0.550 e. The van der Waals surface area contributed by atoms with E-state index in [1.165, 1.54) is 16.7 Å². The van der Waals surface area contributed by atoms with Gasteiger partial charge in [-0.1, -0.05) is 42.8 Å². The van der Waals surface area contributed by atoms with Gasteiger partial charge in [0.15, 0.2) is 0 Å². The van der Waals surface area contributed by atoms with Crippen LogP contribution in [0.5, 0.6) is 5.75 Å². The minimum Gasteiger partial charge on any atom is -0.550 e. The van der Waals surface area contributed by atoms with E-state index in [0.29, 0.717) is 11.6 Å². The fourth-order valence-electron chi connectivity index (χ4n) is 4.91. The molecule has 1 aliphatic rings. The van der Waals surface area contributed by atoms with Crippen molar-refractivity contribution in [1.29, 1.82) is 0 Å². The summed E-state index contributed by atoms with van der Waals surface area (Å²) in [6.07, 6.45) is 2.56. The zero-order valence-corrected chi connectivity index (χ0v) is 23.1. The van der Waals surface area contributed by atoms with Crippen molar-refractivity contribution in [3.8, 4) is 11.4 Å². The Labute approximate surface area is 232 Å². The van der Waals surface area contributed by atoms with E-state index < -0.39 is 5.97 Å². The van der Waals surface area contributed by atoms with Gasteiger partial charge in [-0.3, -0.25) is 4.57 Å². The molecule has 0 bridgehead atoms. The van der Waals surface area contributed by atoms with Gasteiger partial charge in [0.1, 0.15) is 11.6 Å². The summed E-state index contributed by atoms with van der Waals surface area (Å²) in [5.74, 6) is 0.641. The molecule has 0 amide bonds. The van der Waals surface area contributed by atoms with E-state index in [0.717, 1.165) is 53.1 Å². The molecule has 1 atom stereocenters. The van der Waals surface area contributed by atoms with Crippen LogP contribution in [-0.4, -0.2) is 22.1 Å². The number of hydrogen-bond acceptors (Lipinski definition) is 4. The Morgan fingerprint density at radius 1 is 1.17 bits per heavy atom. The van der Waals surface area contributed by atoms with Crippen molar-refractivity contribution in [2.24, 2.45) is 0 Å². The Hall–Kier alpha value is -2.31. The molecule has 174 valence electrons. The summed E-state index contributed by atoms with van der Waals surface area (Å²) >= 11 is 6.31. The van der Waals surface area contributed by atoms with Crippen molar-refractivity contribution < 1.29 is 44.2 Å². The number of rotatable bonds is 7. The molecule has 0 N–H and O–H groups in total. The van der Waals surface area contributed by atoms with Crippen LogP contribution < -0.4 is 39.4 Å². The number of carboxylic acid groups (broad SMARTS) is 1. The first-order valence-electron chi connectivity index (χ1n) is 11.7. The molecular formula is C28H26ClN2NaO3. The summed E-state index contributed by atoms with van der Waals surface area (Å²) in [6.45, 7) is 4.68. The van der Waals surface area contributed by atoms with Crippen molar-refractivity contribution in [1.82, 2.24) is 9.55 Å². The molecule has 7 heteroatoms. The van der Waals surface area contributed by atoms with Crippen LogP contribution in [0.4, 0.5) is 0 Å². The number of ether oxygens (including phenoxy) is 1. The first-order valence-corrected chi connectivity index (χ1v) is 12.0. The average Bonchev–Trinajstić information content (AvgIpc) is 3.38. The first kappa shape index (κ1) is 25.8. The number of halogens is 1. The maximum Gasteiger partial charge on any atom is 1.00 e. The van der Waals surface area contributed by atoms with E-state index in [1.807, 2.05) is 30.3 Å². The van der Waals surface area contributed by atoms with Gasteiger partial charge in [-0.15, -0.1) is 0 Å². The number of aromatic nitrogens is 2. The van der Waals surface area contributed by atoms with Crippen LogP contribution in [0.15, 0.2) is 54.6 Å². The van der Waals surface area contributed by atoms with Gasteiger partial charge < -0.3 is 14.6 Å². The number of carboxylic acids is 1. The summed E-state index contributed by atoms with van der Waals surface area (Å²) in [5, 5.41) is 11.7. The number of imidazole rings is 1. The molecule has 0 saturated carbocycles. The molecule has 0 unspecified atom stereocenters. The third-order valence-corrected chi connectivity index (χ3v) is 6.95. The predicted molar refractivity (Wildman–Crippen MR) is 132 cm³/mol. The molecule has 5 rings (SSSR count). The number of fused-ring (bicyclic) bond motifs is 2. The summed E-state index contributed by atoms with van der Waals surface area (Å²) < 4.78 is 7.98. The van der Waals surface area contributed by atoms with E-state index in [-0.39, 0.29) is 41.9 Å². The SMILES string of the molecule is CCc1nc2ccc(Cl)cc2n1-c1cccc(CCc2ccc3c(c2)OC[C@H]3CC(=O)[O-])c1C.[Na+]. The van der Waals surface area contributed by atoms with Gasteiger partial charge in [-0.25, -0.2) is 4.98 Å². The molecule has 0 fully saturated rings. The van der Waals surface area contributed by atoms with Gasteiger partial charge in [-0.2, -0.15) is 0 Å². The van der Waals surface area contributed by atoms with E-state index in [2.05, 4.69) is 42.7 Å². The second-order valence-electron chi connectivity index (χ2n) is 8.87. The summed E-state index contributed by atoms with van der Waals surface area (Å²) in [5.41, 5.74) is 7.73. The molecule has 4 aromatic rings.